The molecule has 0 unspecified atom stereocenters. The SMILES string of the molecule is CCOc1cccc(CN[C@@H](C)CCc2ccccc2)c1OCc1ccc(Cl)cc1Cl. The molecule has 0 fully saturated rings. The normalized spacial score (nSPS) is 11.9. The van der Waals surface area contributed by atoms with Gasteiger partial charge >= 0.3 is 0 Å². The summed E-state index contributed by atoms with van der Waals surface area (Å²) in [6.07, 6.45) is 2.11. The van der Waals surface area contributed by atoms with Crippen molar-refractivity contribution in [1.82, 2.24) is 5.32 Å². The van der Waals surface area contributed by atoms with Crippen molar-refractivity contribution >= 4 is 23.2 Å². The fourth-order valence-electron chi connectivity index (χ4n) is 3.34. The monoisotopic (exact) mass is 457 g/mol. The van der Waals surface area contributed by atoms with Crippen LogP contribution in [0, 0.1) is 0 Å². The summed E-state index contributed by atoms with van der Waals surface area (Å²) in [5.74, 6) is 1.49. The van der Waals surface area contributed by atoms with Crippen LogP contribution in [0.3, 0.4) is 0 Å². The van der Waals surface area contributed by atoms with Gasteiger partial charge in [-0.1, -0.05) is 71.7 Å². The Bertz CT molecular complexity index is 963. The van der Waals surface area contributed by atoms with Crippen LogP contribution >= 0.6 is 23.2 Å². The Morgan fingerprint density at radius 2 is 1.71 bits per heavy atom. The molecule has 0 amide bonds. The van der Waals surface area contributed by atoms with Crippen molar-refractivity contribution in [2.45, 2.75) is 45.9 Å². The lowest BCUT2D eigenvalue weighted by molar-refractivity contribution is 0.265. The van der Waals surface area contributed by atoms with Crippen molar-refractivity contribution in [2.24, 2.45) is 0 Å². The minimum Gasteiger partial charge on any atom is -0.490 e. The van der Waals surface area contributed by atoms with Gasteiger partial charge in [-0.3, -0.25) is 0 Å². The highest BCUT2D eigenvalue weighted by molar-refractivity contribution is 6.35. The first-order valence-corrected chi connectivity index (χ1v) is 11.4. The Morgan fingerprint density at radius 3 is 2.45 bits per heavy atom. The number of rotatable bonds is 11. The number of ether oxygens (including phenoxy) is 2. The van der Waals surface area contributed by atoms with Gasteiger partial charge in [-0.15, -0.1) is 0 Å². The van der Waals surface area contributed by atoms with Crippen molar-refractivity contribution in [3.8, 4) is 11.5 Å². The average Bonchev–Trinajstić information content (AvgIpc) is 2.77. The first kappa shape index (κ1) is 23.5. The molecule has 0 bridgehead atoms. The average molecular weight is 458 g/mol. The summed E-state index contributed by atoms with van der Waals surface area (Å²) in [5, 5.41) is 4.82. The molecule has 31 heavy (non-hydrogen) atoms. The van der Waals surface area contributed by atoms with Crippen LogP contribution in [-0.4, -0.2) is 12.6 Å². The van der Waals surface area contributed by atoms with E-state index in [2.05, 4.69) is 48.6 Å². The second kappa shape index (κ2) is 12.0. The molecule has 5 heteroatoms. The summed E-state index contributed by atoms with van der Waals surface area (Å²) in [5.41, 5.74) is 3.30. The topological polar surface area (TPSA) is 30.5 Å². The summed E-state index contributed by atoms with van der Waals surface area (Å²) < 4.78 is 12.0. The zero-order valence-electron chi connectivity index (χ0n) is 18.0. The van der Waals surface area contributed by atoms with Crippen LogP contribution in [0.1, 0.15) is 37.0 Å². The van der Waals surface area contributed by atoms with Crippen molar-refractivity contribution in [3.63, 3.8) is 0 Å². The fraction of sp³-hybridized carbons (Fsp3) is 0.308. The van der Waals surface area contributed by atoms with Crippen molar-refractivity contribution < 1.29 is 9.47 Å². The minimum atomic E-state index is 0.344. The lowest BCUT2D eigenvalue weighted by Crippen LogP contribution is -2.26. The van der Waals surface area contributed by atoms with Crippen LogP contribution < -0.4 is 14.8 Å². The Kier molecular flexibility index (Phi) is 9.08. The maximum atomic E-state index is 6.32. The largest absolute Gasteiger partial charge is 0.490 e. The van der Waals surface area contributed by atoms with E-state index in [-0.39, 0.29) is 0 Å². The molecule has 0 aliphatic heterocycles. The van der Waals surface area contributed by atoms with Gasteiger partial charge in [0.25, 0.3) is 0 Å². The molecule has 0 aliphatic carbocycles. The van der Waals surface area contributed by atoms with Crippen molar-refractivity contribution in [2.75, 3.05) is 6.61 Å². The van der Waals surface area contributed by atoms with E-state index in [0.717, 1.165) is 35.5 Å². The lowest BCUT2D eigenvalue weighted by atomic mass is 10.1. The van der Waals surface area contributed by atoms with E-state index in [4.69, 9.17) is 32.7 Å². The number of para-hydroxylation sites is 1. The molecule has 164 valence electrons. The van der Waals surface area contributed by atoms with E-state index >= 15 is 0 Å². The lowest BCUT2D eigenvalue weighted by Gasteiger charge is -2.19. The molecule has 0 aliphatic rings. The molecule has 1 atom stereocenters. The van der Waals surface area contributed by atoms with Gasteiger partial charge in [0.05, 0.1) is 6.61 Å². The first-order chi connectivity index (χ1) is 15.1. The highest BCUT2D eigenvalue weighted by Crippen LogP contribution is 2.33. The summed E-state index contributed by atoms with van der Waals surface area (Å²) in [6, 6.07) is 22.4. The smallest absolute Gasteiger partial charge is 0.166 e. The third kappa shape index (κ3) is 7.17. The number of hydrogen-bond donors (Lipinski definition) is 1. The standard InChI is InChI=1S/C26H29Cl2NO2/c1-3-30-25-11-7-10-21(17-29-19(2)12-13-20-8-5-4-6-9-20)26(25)31-18-22-14-15-23(27)16-24(22)28/h4-11,14-16,19,29H,3,12-13,17-18H2,1-2H3/t19-/m0/s1. The minimum absolute atomic E-state index is 0.344. The highest BCUT2D eigenvalue weighted by Gasteiger charge is 2.13. The second-order valence-corrected chi connectivity index (χ2v) is 8.35. The number of halogens is 2. The number of nitrogens with one attached hydrogen (secondary N) is 1. The van der Waals surface area contributed by atoms with Gasteiger partial charge in [-0.2, -0.15) is 0 Å². The number of benzene rings is 3. The van der Waals surface area contributed by atoms with Gasteiger partial charge < -0.3 is 14.8 Å². The number of hydrogen-bond acceptors (Lipinski definition) is 3. The maximum Gasteiger partial charge on any atom is 0.166 e. The molecule has 0 heterocycles. The third-order valence-corrected chi connectivity index (χ3v) is 5.68. The van der Waals surface area contributed by atoms with Crippen LogP contribution in [0.5, 0.6) is 11.5 Å². The Balaban J connectivity index is 1.65. The molecule has 3 rings (SSSR count). The maximum absolute atomic E-state index is 6.32. The second-order valence-electron chi connectivity index (χ2n) is 7.51. The summed E-state index contributed by atoms with van der Waals surface area (Å²) in [7, 11) is 0. The summed E-state index contributed by atoms with van der Waals surface area (Å²) in [4.78, 5) is 0. The molecule has 1 N–H and O–H groups in total. The molecule has 0 radical (unpaired) electrons. The predicted molar refractivity (Wildman–Crippen MR) is 129 cm³/mol. The number of aryl methyl sites for hydroxylation is 1. The van der Waals surface area contributed by atoms with E-state index in [9.17, 15) is 0 Å². The zero-order chi connectivity index (χ0) is 22.1. The van der Waals surface area contributed by atoms with Crippen molar-refractivity contribution in [1.29, 1.82) is 0 Å². The van der Waals surface area contributed by atoms with E-state index < -0.39 is 0 Å². The molecular formula is C26H29Cl2NO2. The molecule has 3 aromatic carbocycles. The van der Waals surface area contributed by atoms with Gasteiger partial charge in [0.2, 0.25) is 0 Å². The molecule has 0 saturated carbocycles. The predicted octanol–water partition coefficient (Wildman–Crippen LogP) is 7.08. The molecule has 0 spiro atoms. The van der Waals surface area contributed by atoms with E-state index in [0.29, 0.717) is 35.8 Å². The van der Waals surface area contributed by atoms with Crippen LogP contribution in [0.25, 0.3) is 0 Å². The summed E-state index contributed by atoms with van der Waals surface area (Å²) in [6.45, 7) is 5.79. The molecule has 3 aromatic rings. The van der Waals surface area contributed by atoms with Gasteiger partial charge in [0, 0.05) is 33.8 Å². The van der Waals surface area contributed by atoms with E-state index in [1.54, 1.807) is 6.07 Å². The van der Waals surface area contributed by atoms with Crippen molar-refractivity contribution in [3.05, 3.63) is 93.5 Å². The van der Waals surface area contributed by atoms with Crippen LogP contribution in [-0.2, 0) is 19.6 Å². The first-order valence-electron chi connectivity index (χ1n) is 10.7. The van der Waals surface area contributed by atoms with Crippen LogP contribution in [0.2, 0.25) is 10.0 Å². The van der Waals surface area contributed by atoms with Gasteiger partial charge in [-0.05, 0) is 50.5 Å². The van der Waals surface area contributed by atoms with Gasteiger partial charge in [0.1, 0.15) is 6.61 Å². The third-order valence-electron chi connectivity index (χ3n) is 5.10. The Hall–Kier alpha value is -2.20. The van der Waals surface area contributed by atoms with Crippen LogP contribution in [0.15, 0.2) is 66.7 Å². The molecule has 0 saturated heterocycles. The molecular weight excluding hydrogens is 429 g/mol. The van der Waals surface area contributed by atoms with Gasteiger partial charge in [0.15, 0.2) is 11.5 Å². The van der Waals surface area contributed by atoms with Crippen LogP contribution in [0.4, 0.5) is 0 Å². The van der Waals surface area contributed by atoms with Gasteiger partial charge in [-0.25, -0.2) is 0 Å². The molecule has 0 aromatic heterocycles. The summed E-state index contributed by atoms with van der Waals surface area (Å²) >= 11 is 12.3. The Morgan fingerprint density at radius 1 is 0.903 bits per heavy atom. The zero-order valence-corrected chi connectivity index (χ0v) is 19.5. The quantitative estimate of drug-likeness (QED) is 0.333. The Labute approximate surface area is 195 Å². The van der Waals surface area contributed by atoms with E-state index in [1.165, 1.54) is 5.56 Å². The fourth-order valence-corrected chi connectivity index (χ4v) is 3.80. The molecule has 3 nitrogen and oxygen atoms in total. The van der Waals surface area contributed by atoms with E-state index in [1.807, 2.05) is 31.2 Å². The highest BCUT2D eigenvalue weighted by atomic mass is 35.5.